The number of hydrogen-bond acceptors (Lipinski definition) is 2. The Hall–Kier alpha value is -1.79. The monoisotopic (exact) mass is 258 g/mol. The van der Waals surface area contributed by atoms with Gasteiger partial charge in [-0.25, -0.2) is 0 Å². The second-order valence-electron chi connectivity index (χ2n) is 4.45. The predicted octanol–water partition coefficient (Wildman–Crippen LogP) is 2.31. The number of nitrogens with one attached hydrogen (secondary N) is 1. The molecule has 0 aromatic heterocycles. The van der Waals surface area contributed by atoms with Crippen LogP contribution >= 0.6 is 0 Å². The van der Waals surface area contributed by atoms with Crippen molar-refractivity contribution < 1.29 is 4.79 Å². The summed E-state index contributed by atoms with van der Waals surface area (Å²) in [6.45, 7) is 4.56. The summed E-state index contributed by atoms with van der Waals surface area (Å²) < 4.78 is 0. The lowest BCUT2D eigenvalue weighted by atomic mass is 10.1. The average molecular weight is 258 g/mol. The van der Waals surface area contributed by atoms with Gasteiger partial charge in [0.25, 0.3) is 5.91 Å². The van der Waals surface area contributed by atoms with Crippen LogP contribution in [0.2, 0.25) is 0 Å². The van der Waals surface area contributed by atoms with E-state index in [0.29, 0.717) is 12.1 Å². The topological polar surface area (TPSA) is 55.1 Å². The van der Waals surface area contributed by atoms with Gasteiger partial charge in [-0.15, -0.1) is 0 Å². The fourth-order valence-corrected chi connectivity index (χ4v) is 1.85. The van der Waals surface area contributed by atoms with Gasteiger partial charge < -0.3 is 11.1 Å². The summed E-state index contributed by atoms with van der Waals surface area (Å²) in [6, 6.07) is 7.55. The third kappa shape index (κ3) is 5.15. The molecular formula is C16H22N2O. The zero-order valence-corrected chi connectivity index (χ0v) is 11.7. The van der Waals surface area contributed by atoms with E-state index in [1.165, 1.54) is 0 Å². The summed E-state index contributed by atoms with van der Waals surface area (Å²) in [5.74, 6) is 5.71. The molecule has 19 heavy (non-hydrogen) atoms. The highest BCUT2D eigenvalue weighted by Gasteiger charge is 2.10. The Morgan fingerprint density at radius 3 is 2.53 bits per heavy atom. The van der Waals surface area contributed by atoms with E-state index >= 15 is 0 Å². The first-order valence-electron chi connectivity index (χ1n) is 6.81. The summed E-state index contributed by atoms with van der Waals surface area (Å²) in [5.41, 5.74) is 6.87. The van der Waals surface area contributed by atoms with Crippen LogP contribution in [0.25, 0.3) is 0 Å². The van der Waals surface area contributed by atoms with Gasteiger partial charge in [-0.1, -0.05) is 32.1 Å². The first-order chi connectivity index (χ1) is 9.21. The molecule has 0 heterocycles. The summed E-state index contributed by atoms with van der Waals surface area (Å²) in [4.78, 5) is 12.0. The third-order valence-electron chi connectivity index (χ3n) is 2.95. The first kappa shape index (κ1) is 15.3. The van der Waals surface area contributed by atoms with E-state index in [4.69, 9.17) is 5.73 Å². The van der Waals surface area contributed by atoms with Gasteiger partial charge in [-0.05, 0) is 37.1 Å². The Morgan fingerprint density at radius 2 is 2.00 bits per heavy atom. The maximum absolute atomic E-state index is 12.0. The van der Waals surface area contributed by atoms with E-state index in [-0.39, 0.29) is 11.9 Å². The van der Waals surface area contributed by atoms with Crippen molar-refractivity contribution in [2.45, 2.75) is 39.2 Å². The standard InChI is InChI=1S/C16H22N2O/c1-3-6-15(4-2)18-16(19)14-10-8-13(9-11-14)7-5-12-17/h8-11,15H,3-4,6,12,17H2,1-2H3,(H,18,19). The van der Waals surface area contributed by atoms with Gasteiger partial charge in [-0.3, -0.25) is 4.79 Å². The van der Waals surface area contributed by atoms with Gasteiger partial charge in [0.1, 0.15) is 0 Å². The van der Waals surface area contributed by atoms with E-state index in [2.05, 4.69) is 31.0 Å². The van der Waals surface area contributed by atoms with Crippen molar-refractivity contribution in [1.29, 1.82) is 0 Å². The molecule has 0 radical (unpaired) electrons. The van der Waals surface area contributed by atoms with Crippen LogP contribution in [0, 0.1) is 11.8 Å². The van der Waals surface area contributed by atoms with Gasteiger partial charge in [0.05, 0.1) is 6.54 Å². The Morgan fingerprint density at radius 1 is 1.32 bits per heavy atom. The van der Waals surface area contributed by atoms with Crippen molar-refractivity contribution in [3.63, 3.8) is 0 Å². The van der Waals surface area contributed by atoms with Crippen molar-refractivity contribution in [2.75, 3.05) is 6.54 Å². The molecule has 1 amide bonds. The molecule has 0 saturated carbocycles. The predicted molar refractivity (Wildman–Crippen MR) is 78.8 cm³/mol. The van der Waals surface area contributed by atoms with Crippen LogP contribution < -0.4 is 11.1 Å². The van der Waals surface area contributed by atoms with Gasteiger partial charge >= 0.3 is 0 Å². The molecule has 3 nitrogen and oxygen atoms in total. The number of nitrogens with two attached hydrogens (primary N) is 1. The molecule has 0 aliphatic heterocycles. The van der Waals surface area contributed by atoms with Crippen LogP contribution in [-0.2, 0) is 0 Å². The van der Waals surface area contributed by atoms with E-state index in [1.807, 2.05) is 12.1 Å². The highest BCUT2D eigenvalue weighted by Crippen LogP contribution is 2.06. The lowest BCUT2D eigenvalue weighted by molar-refractivity contribution is 0.0933. The zero-order chi connectivity index (χ0) is 14.1. The van der Waals surface area contributed by atoms with Crippen LogP contribution in [-0.4, -0.2) is 18.5 Å². The Bertz CT molecular complexity index is 454. The quantitative estimate of drug-likeness (QED) is 0.796. The number of benzene rings is 1. The highest BCUT2D eigenvalue weighted by atomic mass is 16.1. The van der Waals surface area contributed by atoms with Crippen molar-refractivity contribution in [2.24, 2.45) is 5.73 Å². The van der Waals surface area contributed by atoms with Crippen molar-refractivity contribution in [3.05, 3.63) is 35.4 Å². The van der Waals surface area contributed by atoms with E-state index < -0.39 is 0 Å². The van der Waals surface area contributed by atoms with Crippen LogP contribution in [0.15, 0.2) is 24.3 Å². The maximum Gasteiger partial charge on any atom is 0.251 e. The lowest BCUT2D eigenvalue weighted by Crippen LogP contribution is -2.34. The molecule has 3 heteroatoms. The van der Waals surface area contributed by atoms with Crippen molar-refractivity contribution >= 4 is 5.91 Å². The summed E-state index contributed by atoms with van der Waals surface area (Å²) in [7, 11) is 0. The molecule has 3 N–H and O–H groups in total. The number of rotatable bonds is 5. The van der Waals surface area contributed by atoms with Gasteiger partial charge in [0, 0.05) is 17.2 Å². The molecule has 1 aromatic carbocycles. The molecule has 0 saturated heterocycles. The molecule has 0 aliphatic carbocycles. The van der Waals surface area contributed by atoms with E-state index in [9.17, 15) is 4.79 Å². The number of amides is 1. The molecule has 1 atom stereocenters. The highest BCUT2D eigenvalue weighted by molar-refractivity contribution is 5.94. The molecule has 1 rings (SSSR count). The minimum Gasteiger partial charge on any atom is -0.349 e. The average Bonchev–Trinajstić information content (AvgIpc) is 2.45. The lowest BCUT2D eigenvalue weighted by Gasteiger charge is -2.15. The molecule has 0 aliphatic rings. The van der Waals surface area contributed by atoms with Gasteiger partial charge in [-0.2, -0.15) is 0 Å². The Balaban J connectivity index is 2.67. The molecule has 0 spiro atoms. The summed E-state index contributed by atoms with van der Waals surface area (Å²) >= 11 is 0. The smallest absolute Gasteiger partial charge is 0.251 e. The molecule has 1 unspecified atom stereocenters. The van der Waals surface area contributed by atoms with E-state index in [0.717, 1.165) is 24.8 Å². The third-order valence-corrected chi connectivity index (χ3v) is 2.95. The summed E-state index contributed by atoms with van der Waals surface area (Å²) in [6.07, 6.45) is 3.05. The zero-order valence-electron chi connectivity index (χ0n) is 11.7. The van der Waals surface area contributed by atoms with E-state index in [1.54, 1.807) is 12.1 Å². The second kappa shape index (κ2) is 8.34. The molecular weight excluding hydrogens is 236 g/mol. The Kier molecular flexibility index (Phi) is 6.70. The SMILES string of the molecule is CCCC(CC)NC(=O)c1ccc(C#CCN)cc1. The van der Waals surface area contributed by atoms with Crippen LogP contribution in [0.1, 0.15) is 49.0 Å². The molecule has 102 valence electrons. The number of carbonyl (C=O) groups excluding carboxylic acids is 1. The van der Waals surface area contributed by atoms with Crippen LogP contribution in [0.4, 0.5) is 0 Å². The van der Waals surface area contributed by atoms with Gasteiger partial charge in [0.2, 0.25) is 0 Å². The molecule has 0 fully saturated rings. The second-order valence-corrected chi connectivity index (χ2v) is 4.45. The van der Waals surface area contributed by atoms with Crippen molar-refractivity contribution in [1.82, 2.24) is 5.32 Å². The molecule has 0 bridgehead atoms. The fraction of sp³-hybridized carbons (Fsp3) is 0.438. The van der Waals surface area contributed by atoms with Crippen LogP contribution in [0.5, 0.6) is 0 Å². The van der Waals surface area contributed by atoms with Crippen molar-refractivity contribution in [3.8, 4) is 11.8 Å². The largest absolute Gasteiger partial charge is 0.349 e. The normalized spacial score (nSPS) is 11.3. The first-order valence-corrected chi connectivity index (χ1v) is 6.81. The number of carbonyl (C=O) groups is 1. The Labute approximate surface area is 115 Å². The fourth-order valence-electron chi connectivity index (χ4n) is 1.85. The minimum absolute atomic E-state index is 0.0152. The molecule has 1 aromatic rings. The maximum atomic E-state index is 12.0. The van der Waals surface area contributed by atoms with Gasteiger partial charge in [0.15, 0.2) is 0 Å². The number of hydrogen-bond donors (Lipinski definition) is 2. The minimum atomic E-state index is -0.0152. The summed E-state index contributed by atoms with van der Waals surface area (Å²) in [5, 5.41) is 3.05. The van der Waals surface area contributed by atoms with Crippen LogP contribution in [0.3, 0.4) is 0 Å².